The van der Waals surface area contributed by atoms with Crippen molar-refractivity contribution in [2.75, 3.05) is 13.7 Å². The molecule has 192 valence electrons. The first kappa shape index (κ1) is 24.8. The third-order valence-corrected chi connectivity index (χ3v) is 7.00. The molecule has 3 N–H and O–H groups in total. The summed E-state index contributed by atoms with van der Waals surface area (Å²) in [6.07, 6.45) is 6.55. The van der Waals surface area contributed by atoms with E-state index in [4.69, 9.17) is 9.47 Å². The van der Waals surface area contributed by atoms with E-state index in [1.165, 1.54) is 13.2 Å². The van der Waals surface area contributed by atoms with Crippen molar-refractivity contribution in [3.63, 3.8) is 0 Å². The van der Waals surface area contributed by atoms with Gasteiger partial charge in [-0.3, -0.25) is 4.79 Å². The standard InChI is InChI=1S/C30H31FN2O4/c1-36-29-13-11-20(16-26(29)31)19-10-12-28(37-23-6-2-3-7-23)25(15-19)30(35)33-22(18-34)14-21-17-32-27-9-5-4-8-24(21)27/h4-5,8-13,15-17,22-23,32,34H,2-3,6-7,14,18H2,1H3,(H,33,35)/t22-/m1/s1. The number of H-pyrrole nitrogens is 1. The molecule has 0 radical (unpaired) electrons. The molecule has 0 saturated heterocycles. The van der Waals surface area contributed by atoms with Gasteiger partial charge in [-0.05, 0) is 79.1 Å². The first-order valence-electron chi connectivity index (χ1n) is 12.7. The highest BCUT2D eigenvalue weighted by atomic mass is 19.1. The van der Waals surface area contributed by atoms with Gasteiger partial charge in [-0.15, -0.1) is 0 Å². The van der Waals surface area contributed by atoms with Crippen LogP contribution in [0.4, 0.5) is 4.39 Å². The third-order valence-electron chi connectivity index (χ3n) is 7.00. The summed E-state index contributed by atoms with van der Waals surface area (Å²) in [6.45, 7) is -0.215. The van der Waals surface area contributed by atoms with E-state index in [1.54, 1.807) is 24.3 Å². The van der Waals surface area contributed by atoms with Crippen molar-refractivity contribution in [3.8, 4) is 22.6 Å². The number of benzene rings is 3. The Morgan fingerprint density at radius 3 is 2.54 bits per heavy atom. The number of hydrogen-bond acceptors (Lipinski definition) is 4. The molecule has 1 saturated carbocycles. The molecule has 0 unspecified atom stereocenters. The second kappa shape index (κ2) is 11.0. The van der Waals surface area contributed by atoms with Crippen molar-refractivity contribution in [1.82, 2.24) is 10.3 Å². The summed E-state index contributed by atoms with van der Waals surface area (Å²) < 4.78 is 25.7. The molecular formula is C30H31FN2O4. The first-order valence-corrected chi connectivity index (χ1v) is 12.7. The van der Waals surface area contributed by atoms with E-state index in [2.05, 4.69) is 10.3 Å². The fraction of sp³-hybridized carbons (Fsp3) is 0.300. The topological polar surface area (TPSA) is 83.6 Å². The smallest absolute Gasteiger partial charge is 0.255 e. The number of aliphatic hydroxyl groups is 1. The van der Waals surface area contributed by atoms with Crippen molar-refractivity contribution in [1.29, 1.82) is 0 Å². The predicted molar refractivity (Wildman–Crippen MR) is 142 cm³/mol. The van der Waals surface area contributed by atoms with Crippen LogP contribution < -0.4 is 14.8 Å². The summed E-state index contributed by atoms with van der Waals surface area (Å²) in [5.74, 6) is -0.170. The van der Waals surface area contributed by atoms with E-state index in [0.29, 0.717) is 28.9 Å². The lowest BCUT2D eigenvalue weighted by molar-refractivity contribution is 0.0909. The van der Waals surface area contributed by atoms with Crippen molar-refractivity contribution < 1.29 is 23.8 Å². The van der Waals surface area contributed by atoms with E-state index < -0.39 is 11.9 Å². The van der Waals surface area contributed by atoms with Gasteiger partial charge in [-0.1, -0.05) is 30.3 Å². The average Bonchev–Trinajstić information content (AvgIpc) is 3.58. The predicted octanol–water partition coefficient (Wildman–Crippen LogP) is 5.64. The number of fused-ring (bicyclic) bond motifs is 1. The zero-order chi connectivity index (χ0) is 25.8. The van der Waals surface area contributed by atoms with Crippen molar-refractivity contribution >= 4 is 16.8 Å². The molecule has 0 aliphatic heterocycles. The molecule has 3 aromatic carbocycles. The molecule has 1 fully saturated rings. The van der Waals surface area contributed by atoms with Crippen LogP contribution in [0.3, 0.4) is 0 Å². The maximum Gasteiger partial charge on any atom is 0.255 e. The summed E-state index contributed by atoms with van der Waals surface area (Å²) in [4.78, 5) is 16.8. The molecule has 7 heteroatoms. The van der Waals surface area contributed by atoms with Crippen LogP contribution in [0.25, 0.3) is 22.0 Å². The number of amides is 1. The maximum atomic E-state index is 14.4. The van der Waals surface area contributed by atoms with Crippen LogP contribution >= 0.6 is 0 Å². The van der Waals surface area contributed by atoms with E-state index in [1.807, 2.05) is 36.5 Å². The number of carbonyl (C=O) groups excluding carboxylic acids is 1. The van der Waals surface area contributed by atoms with Gasteiger partial charge in [-0.25, -0.2) is 4.39 Å². The van der Waals surface area contributed by atoms with Gasteiger partial charge >= 0.3 is 0 Å². The van der Waals surface area contributed by atoms with Crippen LogP contribution in [-0.4, -0.2) is 41.9 Å². The molecule has 1 amide bonds. The summed E-state index contributed by atoms with van der Waals surface area (Å²) in [5, 5.41) is 14.1. The van der Waals surface area contributed by atoms with E-state index >= 15 is 0 Å². The number of methoxy groups -OCH3 is 1. The Balaban J connectivity index is 1.42. The molecule has 1 aromatic heterocycles. The van der Waals surface area contributed by atoms with E-state index in [9.17, 15) is 14.3 Å². The Morgan fingerprint density at radius 2 is 1.81 bits per heavy atom. The minimum absolute atomic E-state index is 0.0655. The number of carbonyl (C=O) groups is 1. The fourth-order valence-corrected chi connectivity index (χ4v) is 5.01. The van der Waals surface area contributed by atoms with Crippen LogP contribution in [-0.2, 0) is 6.42 Å². The van der Waals surface area contributed by atoms with Gasteiger partial charge in [0, 0.05) is 17.1 Å². The van der Waals surface area contributed by atoms with Gasteiger partial charge in [0.2, 0.25) is 0 Å². The quantitative estimate of drug-likeness (QED) is 0.277. The van der Waals surface area contributed by atoms with Crippen LogP contribution in [0.15, 0.2) is 66.9 Å². The van der Waals surface area contributed by atoms with Gasteiger partial charge in [-0.2, -0.15) is 0 Å². The number of halogens is 1. The first-order chi connectivity index (χ1) is 18.1. The minimum atomic E-state index is -0.492. The molecule has 6 nitrogen and oxygen atoms in total. The molecule has 1 aliphatic rings. The average molecular weight is 503 g/mol. The second-order valence-electron chi connectivity index (χ2n) is 9.50. The van der Waals surface area contributed by atoms with E-state index in [0.717, 1.165) is 42.1 Å². The summed E-state index contributed by atoms with van der Waals surface area (Å²) in [6, 6.07) is 17.5. The molecule has 0 bridgehead atoms. The number of ether oxygens (including phenoxy) is 2. The van der Waals surface area contributed by atoms with Gasteiger partial charge in [0.1, 0.15) is 5.75 Å². The maximum absolute atomic E-state index is 14.4. The van der Waals surface area contributed by atoms with E-state index in [-0.39, 0.29) is 24.4 Å². The van der Waals surface area contributed by atoms with Crippen molar-refractivity contribution in [2.24, 2.45) is 0 Å². The second-order valence-corrected chi connectivity index (χ2v) is 9.50. The molecule has 1 atom stereocenters. The highest BCUT2D eigenvalue weighted by molar-refractivity contribution is 5.98. The number of aliphatic hydroxyl groups excluding tert-OH is 1. The highest BCUT2D eigenvalue weighted by Gasteiger charge is 2.23. The number of hydrogen-bond donors (Lipinski definition) is 3. The zero-order valence-corrected chi connectivity index (χ0v) is 20.8. The Hall–Kier alpha value is -3.84. The minimum Gasteiger partial charge on any atom is -0.494 e. The monoisotopic (exact) mass is 502 g/mol. The molecule has 0 spiro atoms. The number of aromatic amines is 1. The Morgan fingerprint density at radius 1 is 1.08 bits per heavy atom. The Bertz CT molecular complexity index is 1390. The molecule has 5 rings (SSSR count). The third kappa shape index (κ3) is 5.47. The summed E-state index contributed by atoms with van der Waals surface area (Å²) >= 11 is 0. The lowest BCUT2D eigenvalue weighted by Crippen LogP contribution is -2.39. The number of para-hydroxylation sites is 1. The van der Waals surface area contributed by atoms with Gasteiger partial charge in [0.25, 0.3) is 5.91 Å². The zero-order valence-electron chi connectivity index (χ0n) is 20.8. The SMILES string of the molecule is COc1ccc(-c2ccc(OC3CCCC3)c(C(=O)N[C@@H](CO)Cc3c[nH]c4ccccc34)c2)cc1F. The van der Waals surface area contributed by atoms with Gasteiger partial charge in [0.05, 0.1) is 31.4 Å². The van der Waals surface area contributed by atoms with Crippen LogP contribution in [0, 0.1) is 5.82 Å². The molecular weight excluding hydrogens is 471 g/mol. The van der Waals surface area contributed by atoms with Gasteiger partial charge < -0.3 is 24.9 Å². The molecule has 1 heterocycles. The highest BCUT2D eigenvalue weighted by Crippen LogP contribution is 2.32. The van der Waals surface area contributed by atoms with Crippen LogP contribution in [0.2, 0.25) is 0 Å². The Labute approximate surface area is 215 Å². The van der Waals surface area contributed by atoms with Gasteiger partial charge in [0.15, 0.2) is 11.6 Å². The molecule has 4 aromatic rings. The van der Waals surface area contributed by atoms with Crippen molar-refractivity contribution in [2.45, 2.75) is 44.2 Å². The lowest BCUT2D eigenvalue weighted by atomic mass is 10.0. The number of rotatable bonds is 9. The number of aromatic nitrogens is 1. The summed E-state index contributed by atoms with van der Waals surface area (Å²) in [5.41, 5.74) is 3.69. The van der Waals surface area contributed by atoms with Crippen molar-refractivity contribution in [3.05, 3.63) is 83.8 Å². The van der Waals surface area contributed by atoms with Crippen LogP contribution in [0.5, 0.6) is 11.5 Å². The normalized spacial score (nSPS) is 14.6. The molecule has 1 aliphatic carbocycles. The van der Waals surface area contributed by atoms with Crippen LogP contribution in [0.1, 0.15) is 41.6 Å². The Kier molecular flexibility index (Phi) is 7.42. The fourth-order valence-electron chi connectivity index (χ4n) is 5.01. The number of nitrogens with one attached hydrogen (secondary N) is 2. The summed E-state index contributed by atoms with van der Waals surface area (Å²) in [7, 11) is 1.42. The largest absolute Gasteiger partial charge is 0.494 e. The molecule has 37 heavy (non-hydrogen) atoms. The lowest BCUT2D eigenvalue weighted by Gasteiger charge is -2.20.